The van der Waals surface area contributed by atoms with Crippen molar-refractivity contribution < 1.29 is 9.59 Å². The van der Waals surface area contributed by atoms with Gasteiger partial charge in [-0.05, 0) is 19.1 Å². The molecule has 0 spiro atoms. The quantitative estimate of drug-likeness (QED) is 0.863. The summed E-state index contributed by atoms with van der Waals surface area (Å²) in [4.78, 5) is 27.0. The first kappa shape index (κ1) is 13.0. The molecular formula is C14H15N3O2. The van der Waals surface area contributed by atoms with Crippen molar-refractivity contribution in [3.63, 3.8) is 0 Å². The van der Waals surface area contributed by atoms with E-state index in [0.717, 1.165) is 10.9 Å². The number of rotatable bonds is 4. The Morgan fingerprint density at radius 1 is 1.26 bits per heavy atom. The van der Waals surface area contributed by atoms with Crippen molar-refractivity contribution in [3.8, 4) is 0 Å². The molecule has 0 unspecified atom stereocenters. The standard InChI is InChI=1S/C14H15N3O2/c1-9(8-13(15)18)16-14(19)12-7-6-10-4-2-3-5-11(10)17-12/h2-7,9H,8H2,1H3,(H2,15,18)(H,16,19)/t9-/m1/s1. The molecule has 2 aromatic rings. The lowest BCUT2D eigenvalue weighted by Crippen LogP contribution is -2.36. The minimum Gasteiger partial charge on any atom is -0.370 e. The van der Waals surface area contributed by atoms with Gasteiger partial charge in [0, 0.05) is 17.8 Å². The van der Waals surface area contributed by atoms with Crippen LogP contribution in [0.25, 0.3) is 10.9 Å². The summed E-state index contributed by atoms with van der Waals surface area (Å²) in [6.45, 7) is 1.73. The highest BCUT2D eigenvalue weighted by Gasteiger charge is 2.13. The number of nitrogens with zero attached hydrogens (tertiary/aromatic N) is 1. The van der Waals surface area contributed by atoms with Gasteiger partial charge in [-0.2, -0.15) is 0 Å². The second-order valence-corrected chi connectivity index (χ2v) is 4.43. The fourth-order valence-electron chi connectivity index (χ4n) is 1.84. The zero-order valence-electron chi connectivity index (χ0n) is 10.6. The number of pyridine rings is 1. The Morgan fingerprint density at radius 2 is 2.00 bits per heavy atom. The number of benzene rings is 1. The van der Waals surface area contributed by atoms with Gasteiger partial charge in [-0.3, -0.25) is 9.59 Å². The molecule has 0 aliphatic rings. The molecule has 0 radical (unpaired) electrons. The number of fused-ring (bicyclic) bond motifs is 1. The van der Waals surface area contributed by atoms with E-state index < -0.39 is 5.91 Å². The van der Waals surface area contributed by atoms with E-state index in [9.17, 15) is 9.59 Å². The van der Waals surface area contributed by atoms with Crippen molar-refractivity contribution in [1.29, 1.82) is 0 Å². The number of aromatic nitrogens is 1. The second kappa shape index (κ2) is 5.48. The van der Waals surface area contributed by atoms with Crippen LogP contribution in [0.5, 0.6) is 0 Å². The van der Waals surface area contributed by atoms with Gasteiger partial charge in [0.1, 0.15) is 5.69 Å². The summed E-state index contributed by atoms with van der Waals surface area (Å²) in [7, 11) is 0. The number of nitrogens with one attached hydrogen (secondary N) is 1. The first-order chi connectivity index (χ1) is 9.06. The molecule has 1 aromatic heterocycles. The molecule has 19 heavy (non-hydrogen) atoms. The number of para-hydroxylation sites is 1. The van der Waals surface area contributed by atoms with E-state index in [1.807, 2.05) is 30.3 Å². The van der Waals surface area contributed by atoms with E-state index in [4.69, 9.17) is 5.73 Å². The normalized spacial score (nSPS) is 12.1. The maximum absolute atomic E-state index is 12.0. The summed E-state index contributed by atoms with van der Waals surface area (Å²) in [6.07, 6.45) is 0.110. The van der Waals surface area contributed by atoms with Crippen molar-refractivity contribution in [2.24, 2.45) is 5.73 Å². The summed E-state index contributed by atoms with van der Waals surface area (Å²) >= 11 is 0. The summed E-state index contributed by atoms with van der Waals surface area (Å²) in [5.74, 6) is -0.751. The molecule has 1 atom stereocenters. The first-order valence-electron chi connectivity index (χ1n) is 6.01. The molecule has 5 heteroatoms. The molecule has 1 heterocycles. The molecule has 0 bridgehead atoms. The summed E-state index contributed by atoms with van der Waals surface area (Å²) in [5.41, 5.74) is 6.17. The molecule has 0 saturated carbocycles. The SMILES string of the molecule is C[C@H](CC(N)=O)NC(=O)c1ccc2ccccc2n1. The predicted octanol–water partition coefficient (Wildman–Crippen LogP) is 1.23. The third-order valence-corrected chi connectivity index (χ3v) is 2.72. The van der Waals surface area contributed by atoms with Crippen LogP contribution in [0.15, 0.2) is 36.4 Å². The average Bonchev–Trinajstić information content (AvgIpc) is 2.37. The molecule has 2 amide bonds. The summed E-state index contributed by atoms with van der Waals surface area (Å²) in [5, 5.41) is 3.67. The van der Waals surface area contributed by atoms with Crippen molar-refractivity contribution >= 4 is 22.7 Å². The van der Waals surface area contributed by atoms with E-state index in [-0.39, 0.29) is 18.4 Å². The minimum absolute atomic E-state index is 0.110. The van der Waals surface area contributed by atoms with Crippen molar-refractivity contribution in [1.82, 2.24) is 10.3 Å². The van der Waals surface area contributed by atoms with Crippen LogP contribution < -0.4 is 11.1 Å². The van der Waals surface area contributed by atoms with Crippen LogP contribution in [0.1, 0.15) is 23.8 Å². The Labute approximate surface area is 110 Å². The molecule has 2 rings (SSSR count). The fraction of sp³-hybridized carbons (Fsp3) is 0.214. The Bertz CT molecular complexity index is 625. The van der Waals surface area contributed by atoms with Gasteiger partial charge in [0.2, 0.25) is 5.91 Å². The monoisotopic (exact) mass is 257 g/mol. The molecule has 0 aliphatic carbocycles. The van der Waals surface area contributed by atoms with E-state index >= 15 is 0 Å². The third-order valence-electron chi connectivity index (χ3n) is 2.72. The second-order valence-electron chi connectivity index (χ2n) is 4.43. The Morgan fingerprint density at radius 3 is 2.74 bits per heavy atom. The number of amides is 2. The Kier molecular flexibility index (Phi) is 3.75. The number of nitrogens with two attached hydrogens (primary N) is 1. The fourth-order valence-corrected chi connectivity index (χ4v) is 1.84. The molecular weight excluding hydrogens is 242 g/mol. The summed E-state index contributed by atoms with van der Waals surface area (Å²) < 4.78 is 0. The maximum atomic E-state index is 12.0. The van der Waals surface area contributed by atoms with Crippen LogP contribution in [0.4, 0.5) is 0 Å². The topological polar surface area (TPSA) is 85.1 Å². The number of carbonyl (C=O) groups excluding carboxylic acids is 2. The van der Waals surface area contributed by atoms with Gasteiger partial charge in [0.25, 0.3) is 5.91 Å². The lowest BCUT2D eigenvalue weighted by atomic mass is 10.2. The molecule has 3 N–H and O–H groups in total. The first-order valence-corrected chi connectivity index (χ1v) is 6.01. The molecule has 0 aliphatic heterocycles. The number of carbonyl (C=O) groups is 2. The van der Waals surface area contributed by atoms with Gasteiger partial charge in [-0.1, -0.05) is 24.3 Å². The van der Waals surface area contributed by atoms with E-state index in [1.54, 1.807) is 13.0 Å². The largest absolute Gasteiger partial charge is 0.370 e. The highest BCUT2D eigenvalue weighted by molar-refractivity contribution is 5.95. The number of hydrogen-bond donors (Lipinski definition) is 2. The van der Waals surface area contributed by atoms with Crippen LogP contribution in [0.2, 0.25) is 0 Å². The van der Waals surface area contributed by atoms with Crippen LogP contribution in [-0.4, -0.2) is 22.8 Å². The molecule has 98 valence electrons. The van der Waals surface area contributed by atoms with Crippen molar-refractivity contribution in [2.75, 3.05) is 0 Å². The van der Waals surface area contributed by atoms with Crippen molar-refractivity contribution in [2.45, 2.75) is 19.4 Å². The zero-order chi connectivity index (χ0) is 13.8. The lowest BCUT2D eigenvalue weighted by Gasteiger charge is -2.11. The molecule has 0 fully saturated rings. The van der Waals surface area contributed by atoms with Gasteiger partial charge in [0.05, 0.1) is 5.52 Å². The van der Waals surface area contributed by atoms with E-state index in [1.165, 1.54) is 0 Å². The number of primary amides is 1. The molecule has 5 nitrogen and oxygen atoms in total. The maximum Gasteiger partial charge on any atom is 0.270 e. The van der Waals surface area contributed by atoms with E-state index in [2.05, 4.69) is 10.3 Å². The number of hydrogen-bond acceptors (Lipinski definition) is 3. The third kappa shape index (κ3) is 3.28. The Hall–Kier alpha value is -2.43. The summed E-state index contributed by atoms with van der Waals surface area (Å²) in [6, 6.07) is 10.8. The smallest absolute Gasteiger partial charge is 0.270 e. The van der Waals surface area contributed by atoms with Gasteiger partial charge in [-0.15, -0.1) is 0 Å². The molecule has 1 aromatic carbocycles. The van der Waals surface area contributed by atoms with E-state index in [0.29, 0.717) is 5.69 Å². The van der Waals surface area contributed by atoms with Crippen LogP contribution in [-0.2, 0) is 4.79 Å². The zero-order valence-corrected chi connectivity index (χ0v) is 10.6. The van der Waals surface area contributed by atoms with Crippen LogP contribution >= 0.6 is 0 Å². The average molecular weight is 257 g/mol. The van der Waals surface area contributed by atoms with Gasteiger partial charge < -0.3 is 11.1 Å². The van der Waals surface area contributed by atoms with Crippen LogP contribution in [0.3, 0.4) is 0 Å². The highest BCUT2D eigenvalue weighted by atomic mass is 16.2. The van der Waals surface area contributed by atoms with Gasteiger partial charge in [-0.25, -0.2) is 4.98 Å². The molecule has 0 saturated heterocycles. The Balaban J connectivity index is 2.15. The highest BCUT2D eigenvalue weighted by Crippen LogP contribution is 2.11. The lowest BCUT2D eigenvalue weighted by molar-refractivity contribution is -0.118. The van der Waals surface area contributed by atoms with Gasteiger partial charge in [0.15, 0.2) is 0 Å². The predicted molar refractivity (Wildman–Crippen MR) is 72.5 cm³/mol. The van der Waals surface area contributed by atoms with Crippen LogP contribution in [0, 0.1) is 0 Å². The van der Waals surface area contributed by atoms with Crippen molar-refractivity contribution in [3.05, 3.63) is 42.1 Å². The van der Waals surface area contributed by atoms with Gasteiger partial charge >= 0.3 is 0 Å². The minimum atomic E-state index is -0.445.